The average Bonchev–Trinajstić information content (AvgIpc) is 3.07. The molecule has 2 aromatic heterocycles. The number of aliphatic hydroxyl groups is 1. The van der Waals surface area contributed by atoms with Crippen LogP contribution in [0.5, 0.6) is 0 Å². The third kappa shape index (κ3) is 2.27. The fraction of sp³-hybridized carbons (Fsp3) is 0.500. The van der Waals surface area contributed by atoms with Crippen molar-refractivity contribution in [3.8, 4) is 0 Å². The molecule has 3 heterocycles. The predicted molar refractivity (Wildman–Crippen MR) is 75.4 cm³/mol. The van der Waals surface area contributed by atoms with E-state index in [0.29, 0.717) is 18.7 Å². The van der Waals surface area contributed by atoms with E-state index in [0.717, 1.165) is 12.4 Å². The largest absolute Gasteiger partial charge is 0.381 e. The fourth-order valence-electron chi connectivity index (χ4n) is 2.48. The van der Waals surface area contributed by atoms with E-state index in [-0.39, 0.29) is 6.04 Å². The van der Waals surface area contributed by atoms with E-state index < -0.39 is 5.60 Å². The van der Waals surface area contributed by atoms with Crippen molar-refractivity contribution in [3.05, 3.63) is 36.3 Å². The summed E-state index contributed by atoms with van der Waals surface area (Å²) in [4.78, 5) is 6.40. The van der Waals surface area contributed by atoms with Crippen LogP contribution in [0.15, 0.2) is 30.6 Å². The Hall–Kier alpha value is -1.95. The summed E-state index contributed by atoms with van der Waals surface area (Å²) in [5, 5.41) is 19.0. The lowest BCUT2D eigenvalue weighted by molar-refractivity contribution is 0.0559. The van der Waals surface area contributed by atoms with Crippen molar-refractivity contribution in [1.29, 1.82) is 0 Å². The molecule has 2 aromatic rings. The summed E-state index contributed by atoms with van der Waals surface area (Å²) in [5.74, 6) is 0.889. The number of hydrogen-bond donors (Lipinski definition) is 1. The van der Waals surface area contributed by atoms with Gasteiger partial charge in [0.15, 0.2) is 0 Å². The van der Waals surface area contributed by atoms with Gasteiger partial charge in [-0.25, -0.2) is 9.67 Å². The second kappa shape index (κ2) is 4.86. The highest BCUT2D eigenvalue weighted by Crippen LogP contribution is 2.32. The van der Waals surface area contributed by atoms with Crippen LogP contribution >= 0.6 is 0 Å². The van der Waals surface area contributed by atoms with Crippen molar-refractivity contribution < 1.29 is 5.11 Å². The molecule has 0 bridgehead atoms. The van der Waals surface area contributed by atoms with Gasteiger partial charge in [-0.2, -0.15) is 0 Å². The van der Waals surface area contributed by atoms with Gasteiger partial charge < -0.3 is 10.0 Å². The van der Waals surface area contributed by atoms with Gasteiger partial charge in [0.05, 0.1) is 12.7 Å². The number of β-amino-alcohol motifs (C(OH)–C–C–N with tert-alkyl or cyclic N) is 1. The topological polar surface area (TPSA) is 67.1 Å². The van der Waals surface area contributed by atoms with Crippen LogP contribution in [0.4, 0.5) is 5.82 Å². The average molecular weight is 273 g/mol. The van der Waals surface area contributed by atoms with Crippen molar-refractivity contribution in [3.63, 3.8) is 0 Å². The Balaban J connectivity index is 1.80. The van der Waals surface area contributed by atoms with Crippen LogP contribution in [0.25, 0.3) is 0 Å². The van der Waals surface area contributed by atoms with E-state index in [1.807, 2.05) is 38.2 Å². The Kier molecular flexibility index (Phi) is 3.17. The lowest BCUT2D eigenvalue weighted by Crippen LogP contribution is -2.31. The van der Waals surface area contributed by atoms with E-state index >= 15 is 0 Å². The second-order valence-electron chi connectivity index (χ2n) is 5.57. The van der Waals surface area contributed by atoms with Crippen LogP contribution in [-0.2, 0) is 5.60 Å². The molecular formula is C14H19N5O. The lowest BCUT2D eigenvalue weighted by atomic mass is 10.00. The molecule has 0 spiro atoms. The summed E-state index contributed by atoms with van der Waals surface area (Å²) in [6, 6.07) is 6.04. The smallest absolute Gasteiger partial charge is 0.129 e. The Morgan fingerprint density at radius 3 is 2.85 bits per heavy atom. The zero-order chi connectivity index (χ0) is 14.2. The third-order valence-electron chi connectivity index (χ3n) is 3.74. The van der Waals surface area contributed by atoms with Crippen molar-refractivity contribution >= 4 is 5.82 Å². The molecule has 20 heavy (non-hydrogen) atoms. The Morgan fingerprint density at radius 1 is 1.35 bits per heavy atom. The first-order valence-electron chi connectivity index (χ1n) is 6.89. The normalized spacial score (nSPS) is 22.7. The molecule has 0 saturated carbocycles. The molecule has 1 atom stereocenters. The highest BCUT2D eigenvalue weighted by atomic mass is 16.3. The molecule has 6 nitrogen and oxygen atoms in total. The summed E-state index contributed by atoms with van der Waals surface area (Å²) in [6.45, 7) is 5.34. The molecule has 3 rings (SSSR count). The molecular weight excluding hydrogens is 254 g/mol. The maximum atomic E-state index is 10.8. The van der Waals surface area contributed by atoms with Gasteiger partial charge in [-0.05, 0) is 26.0 Å². The van der Waals surface area contributed by atoms with E-state index in [4.69, 9.17) is 0 Å². The van der Waals surface area contributed by atoms with E-state index in [2.05, 4.69) is 20.2 Å². The summed E-state index contributed by atoms with van der Waals surface area (Å²) < 4.78 is 1.77. The number of nitrogens with zero attached hydrogens (tertiary/aromatic N) is 5. The first kappa shape index (κ1) is 13.1. The summed E-state index contributed by atoms with van der Waals surface area (Å²) >= 11 is 0. The molecule has 1 N–H and O–H groups in total. The zero-order valence-electron chi connectivity index (χ0n) is 11.8. The number of pyridine rings is 1. The van der Waals surface area contributed by atoms with Crippen molar-refractivity contribution in [2.24, 2.45) is 0 Å². The Morgan fingerprint density at radius 2 is 2.20 bits per heavy atom. The number of anilines is 1. The van der Waals surface area contributed by atoms with E-state index in [1.165, 1.54) is 0 Å². The summed E-state index contributed by atoms with van der Waals surface area (Å²) in [5.41, 5.74) is -0.297. The molecule has 106 valence electrons. The minimum atomic E-state index is -0.940. The molecule has 1 saturated heterocycles. The standard InChI is InChI=1S/C14H19N5O/c1-11(2)19-9-12(16-17-19)14(20)6-8-18(10-14)13-5-3-4-7-15-13/h3-5,7,9,11,20H,6,8,10H2,1-2H3/t14-/m1/s1. The number of hydrogen-bond acceptors (Lipinski definition) is 5. The third-order valence-corrected chi connectivity index (χ3v) is 3.74. The van der Waals surface area contributed by atoms with Gasteiger partial charge in [-0.15, -0.1) is 5.10 Å². The first-order valence-corrected chi connectivity index (χ1v) is 6.89. The molecule has 1 aliphatic rings. The number of rotatable bonds is 3. The second-order valence-corrected chi connectivity index (χ2v) is 5.57. The maximum absolute atomic E-state index is 10.8. The first-order chi connectivity index (χ1) is 9.58. The highest BCUT2D eigenvalue weighted by molar-refractivity contribution is 5.41. The van der Waals surface area contributed by atoms with Crippen molar-refractivity contribution in [1.82, 2.24) is 20.0 Å². The van der Waals surface area contributed by atoms with Crippen LogP contribution in [0.1, 0.15) is 32.0 Å². The van der Waals surface area contributed by atoms with Crippen LogP contribution in [0.3, 0.4) is 0 Å². The number of aromatic nitrogens is 4. The molecule has 1 aliphatic heterocycles. The Labute approximate surface area is 118 Å². The SMILES string of the molecule is CC(C)n1cc([C@@]2(O)CCN(c3ccccn3)C2)nn1. The van der Waals surface area contributed by atoms with Gasteiger partial charge in [0, 0.05) is 25.2 Å². The summed E-state index contributed by atoms with van der Waals surface area (Å²) in [6.07, 6.45) is 4.24. The van der Waals surface area contributed by atoms with Gasteiger partial charge in [0.25, 0.3) is 0 Å². The predicted octanol–water partition coefficient (Wildman–Crippen LogP) is 1.35. The molecule has 0 amide bonds. The van der Waals surface area contributed by atoms with E-state index in [1.54, 1.807) is 10.9 Å². The van der Waals surface area contributed by atoms with Gasteiger partial charge in [0.2, 0.25) is 0 Å². The summed E-state index contributed by atoms with van der Waals surface area (Å²) in [7, 11) is 0. The quantitative estimate of drug-likeness (QED) is 0.914. The van der Waals surface area contributed by atoms with Crippen molar-refractivity contribution in [2.45, 2.75) is 31.9 Å². The molecule has 0 unspecified atom stereocenters. The zero-order valence-corrected chi connectivity index (χ0v) is 11.8. The minimum Gasteiger partial charge on any atom is -0.381 e. The van der Waals surface area contributed by atoms with Crippen LogP contribution in [-0.4, -0.2) is 38.2 Å². The van der Waals surface area contributed by atoms with Crippen LogP contribution in [0, 0.1) is 0 Å². The fourth-order valence-corrected chi connectivity index (χ4v) is 2.48. The monoisotopic (exact) mass is 273 g/mol. The molecule has 0 aliphatic carbocycles. The minimum absolute atomic E-state index is 0.244. The molecule has 0 radical (unpaired) electrons. The van der Waals surface area contributed by atoms with Gasteiger partial charge >= 0.3 is 0 Å². The molecule has 1 fully saturated rings. The van der Waals surface area contributed by atoms with Gasteiger partial charge in [0.1, 0.15) is 17.1 Å². The highest BCUT2D eigenvalue weighted by Gasteiger charge is 2.40. The maximum Gasteiger partial charge on any atom is 0.129 e. The molecule has 0 aromatic carbocycles. The van der Waals surface area contributed by atoms with Gasteiger partial charge in [-0.1, -0.05) is 11.3 Å². The Bertz CT molecular complexity index is 582. The van der Waals surface area contributed by atoms with Crippen LogP contribution < -0.4 is 4.90 Å². The van der Waals surface area contributed by atoms with Crippen molar-refractivity contribution in [2.75, 3.05) is 18.0 Å². The van der Waals surface area contributed by atoms with E-state index in [9.17, 15) is 5.11 Å². The van der Waals surface area contributed by atoms with Gasteiger partial charge in [-0.3, -0.25) is 0 Å². The molecule has 6 heteroatoms. The lowest BCUT2D eigenvalue weighted by Gasteiger charge is -2.21. The van der Waals surface area contributed by atoms with Crippen LogP contribution in [0.2, 0.25) is 0 Å².